The van der Waals surface area contributed by atoms with Gasteiger partial charge in [0.15, 0.2) is 0 Å². The quantitative estimate of drug-likeness (QED) is 0.580. The van der Waals surface area contributed by atoms with Gasteiger partial charge in [0.25, 0.3) is 10.0 Å². The number of carbonyl (C=O) groups is 1. The minimum Gasteiger partial charge on any atom is -0.314 e. The average molecular weight is 429 g/mol. The Morgan fingerprint density at radius 3 is 2.14 bits per heavy atom. The highest BCUT2D eigenvalue weighted by atomic mass is 35.5. The van der Waals surface area contributed by atoms with E-state index in [1.165, 1.54) is 29.2 Å². The maximum atomic E-state index is 13.4. The molecule has 3 aromatic rings. The number of halogens is 1. The van der Waals surface area contributed by atoms with Crippen LogP contribution in [0.5, 0.6) is 0 Å². The number of hydrogen-bond acceptors (Lipinski definition) is 3. The van der Waals surface area contributed by atoms with Crippen molar-refractivity contribution in [3.8, 4) is 0 Å². The van der Waals surface area contributed by atoms with Crippen LogP contribution in [0, 0.1) is 6.92 Å². The van der Waals surface area contributed by atoms with Gasteiger partial charge < -0.3 is 4.90 Å². The Bertz CT molecular complexity index is 1100. The van der Waals surface area contributed by atoms with Crippen molar-refractivity contribution in [2.45, 2.75) is 11.8 Å². The Morgan fingerprint density at radius 2 is 1.52 bits per heavy atom. The molecule has 150 valence electrons. The lowest BCUT2D eigenvalue weighted by Crippen LogP contribution is -2.41. The Labute approximate surface area is 176 Å². The van der Waals surface area contributed by atoms with Crippen LogP contribution in [0.15, 0.2) is 83.8 Å². The van der Waals surface area contributed by atoms with Gasteiger partial charge in [-0.05, 0) is 61.0 Å². The highest BCUT2D eigenvalue weighted by Crippen LogP contribution is 2.26. The van der Waals surface area contributed by atoms with Crippen LogP contribution >= 0.6 is 11.6 Å². The standard InChI is InChI=1S/C22H21ClN2O3S/c1-17-7-6-10-20(15-17)25(29(27,28)21-13-11-18(23)12-14-21)16-22(26)24(2)19-8-4-3-5-9-19/h3-15H,16H2,1-2H3. The monoisotopic (exact) mass is 428 g/mol. The molecule has 0 bridgehead atoms. The third-order valence-electron chi connectivity index (χ3n) is 4.49. The van der Waals surface area contributed by atoms with E-state index in [-0.39, 0.29) is 17.3 Å². The molecule has 3 rings (SSSR count). The number of nitrogens with zero attached hydrogens (tertiary/aromatic N) is 2. The third-order valence-corrected chi connectivity index (χ3v) is 6.53. The Balaban J connectivity index is 2.00. The fraction of sp³-hybridized carbons (Fsp3) is 0.136. The summed E-state index contributed by atoms with van der Waals surface area (Å²) in [6, 6.07) is 22.0. The van der Waals surface area contributed by atoms with Gasteiger partial charge in [-0.2, -0.15) is 0 Å². The minimum absolute atomic E-state index is 0.0681. The normalized spacial score (nSPS) is 11.1. The Hall–Kier alpha value is -2.83. The molecular formula is C22H21ClN2O3S. The third kappa shape index (κ3) is 4.78. The van der Waals surface area contributed by atoms with Crippen LogP contribution in [0.4, 0.5) is 11.4 Å². The van der Waals surface area contributed by atoms with Crippen LogP contribution in [0.25, 0.3) is 0 Å². The van der Waals surface area contributed by atoms with Gasteiger partial charge in [-0.15, -0.1) is 0 Å². The highest BCUT2D eigenvalue weighted by Gasteiger charge is 2.28. The lowest BCUT2D eigenvalue weighted by molar-refractivity contribution is -0.116. The highest BCUT2D eigenvalue weighted by molar-refractivity contribution is 7.92. The zero-order valence-electron chi connectivity index (χ0n) is 16.1. The molecule has 0 aliphatic carbocycles. The summed E-state index contributed by atoms with van der Waals surface area (Å²) in [6.07, 6.45) is 0. The van der Waals surface area contributed by atoms with E-state index in [1.807, 2.05) is 31.2 Å². The van der Waals surface area contributed by atoms with E-state index in [4.69, 9.17) is 11.6 Å². The number of rotatable bonds is 6. The van der Waals surface area contributed by atoms with Crippen molar-refractivity contribution in [2.75, 3.05) is 22.8 Å². The van der Waals surface area contributed by atoms with Crippen molar-refractivity contribution >= 4 is 38.9 Å². The van der Waals surface area contributed by atoms with Gasteiger partial charge in [0, 0.05) is 17.8 Å². The Kier molecular flexibility index (Phi) is 6.25. The van der Waals surface area contributed by atoms with Crippen molar-refractivity contribution in [1.82, 2.24) is 0 Å². The van der Waals surface area contributed by atoms with Gasteiger partial charge >= 0.3 is 0 Å². The number of amides is 1. The molecule has 0 N–H and O–H groups in total. The number of hydrogen-bond donors (Lipinski definition) is 0. The number of sulfonamides is 1. The van der Waals surface area contributed by atoms with E-state index >= 15 is 0 Å². The Morgan fingerprint density at radius 1 is 0.897 bits per heavy atom. The molecule has 0 fully saturated rings. The van der Waals surface area contributed by atoms with E-state index in [1.54, 1.807) is 37.4 Å². The summed E-state index contributed by atoms with van der Waals surface area (Å²) in [5, 5.41) is 0.436. The molecule has 0 saturated carbocycles. The molecule has 0 aromatic heterocycles. The summed E-state index contributed by atoms with van der Waals surface area (Å²) in [5.41, 5.74) is 2.00. The van der Waals surface area contributed by atoms with E-state index < -0.39 is 10.0 Å². The molecule has 0 aliphatic heterocycles. The van der Waals surface area contributed by atoms with Gasteiger partial charge in [0.2, 0.25) is 5.91 Å². The summed E-state index contributed by atoms with van der Waals surface area (Å²) in [6.45, 7) is 1.54. The first-order valence-electron chi connectivity index (χ1n) is 8.95. The summed E-state index contributed by atoms with van der Waals surface area (Å²) < 4.78 is 27.9. The summed E-state index contributed by atoms with van der Waals surface area (Å²) in [5.74, 6) is -0.352. The maximum Gasteiger partial charge on any atom is 0.264 e. The molecule has 29 heavy (non-hydrogen) atoms. The zero-order chi connectivity index (χ0) is 21.0. The first-order valence-corrected chi connectivity index (χ1v) is 10.8. The predicted octanol–water partition coefficient (Wildman–Crippen LogP) is 4.51. The summed E-state index contributed by atoms with van der Waals surface area (Å²) in [4.78, 5) is 14.5. The molecule has 0 spiro atoms. The molecule has 0 atom stereocenters. The van der Waals surface area contributed by atoms with E-state index in [0.717, 1.165) is 9.87 Å². The van der Waals surface area contributed by atoms with Crippen LogP contribution in [0.2, 0.25) is 5.02 Å². The second-order valence-corrected chi connectivity index (χ2v) is 8.89. The fourth-order valence-electron chi connectivity index (χ4n) is 2.86. The first-order chi connectivity index (χ1) is 13.8. The number of anilines is 2. The predicted molar refractivity (Wildman–Crippen MR) is 117 cm³/mol. The van der Waals surface area contributed by atoms with Crippen LogP contribution in [-0.4, -0.2) is 27.9 Å². The number of para-hydroxylation sites is 1. The number of aryl methyl sites for hydroxylation is 1. The number of likely N-dealkylation sites (N-methyl/N-ethyl adjacent to an activating group) is 1. The largest absolute Gasteiger partial charge is 0.314 e. The zero-order valence-corrected chi connectivity index (χ0v) is 17.7. The van der Waals surface area contributed by atoms with Gasteiger partial charge in [0.1, 0.15) is 6.54 Å². The molecule has 1 amide bonds. The van der Waals surface area contributed by atoms with Crippen molar-refractivity contribution < 1.29 is 13.2 Å². The lowest BCUT2D eigenvalue weighted by Gasteiger charge is -2.27. The van der Waals surface area contributed by atoms with Gasteiger partial charge in [-0.3, -0.25) is 9.10 Å². The van der Waals surface area contributed by atoms with Crippen molar-refractivity contribution in [3.63, 3.8) is 0 Å². The van der Waals surface area contributed by atoms with Crippen molar-refractivity contribution in [3.05, 3.63) is 89.4 Å². The van der Waals surface area contributed by atoms with Crippen molar-refractivity contribution in [1.29, 1.82) is 0 Å². The topological polar surface area (TPSA) is 57.7 Å². The van der Waals surface area contributed by atoms with E-state index in [9.17, 15) is 13.2 Å². The van der Waals surface area contributed by atoms with Gasteiger partial charge in [0.05, 0.1) is 10.6 Å². The lowest BCUT2D eigenvalue weighted by atomic mass is 10.2. The van der Waals surface area contributed by atoms with Gasteiger partial charge in [-0.1, -0.05) is 41.9 Å². The molecule has 0 radical (unpaired) electrons. The molecule has 0 aliphatic rings. The van der Waals surface area contributed by atoms with Crippen molar-refractivity contribution in [2.24, 2.45) is 0 Å². The van der Waals surface area contributed by atoms with Crippen LogP contribution in [0.3, 0.4) is 0 Å². The SMILES string of the molecule is Cc1cccc(N(CC(=O)N(C)c2ccccc2)S(=O)(=O)c2ccc(Cl)cc2)c1. The fourth-order valence-corrected chi connectivity index (χ4v) is 4.39. The first kappa shape index (κ1) is 20.9. The maximum absolute atomic E-state index is 13.4. The summed E-state index contributed by atoms with van der Waals surface area (Å²) >= 11 is 5.90. The summed E-state index contributed by atoms with van der Waals surface area (Å²) in [7, 11) is -2.35. The molecule has 0 saturated heterocycles. The van der Waals surface area contributed by atoms with Crippen LogP contribution in [0.1, 0.15) is 5.56 Å². The molecule has 7 heteroatoms. The second kappa shape index (κ2) is 8.68. The average Bonchev–Trinajstić information content (AvgIpc) is 2.72. The molecule has 0 heterocycles. The minimum atomic E-state index is -3.97. The van der Waals surface area contributed by atoms with E-state index in [0.29, 0.717) is 16.4 Å². The second-order valence-electron chi connectivity index (χ2n) is 6.59. The van der Waals surface area contributed by atoms with Crippen LogP contribution < -0.4 is 9.21 Å². The van der Waals surface area contributed by atoms with Crippen LogP contribution in [-0.2, 0) is 14.8 Å². The molecule has 5 nitrogen and oxygen atoms in total. The smallest absolute Gasteiger partial charge is 0.264 e. The van der Waals surface area contributed by atoms with E-state index in [2.05, 4.69) is 0 Å². The molecule has 3 aromatic carbocycles. The number of carbonyl (C=O) groups excluding carboxylic acids is 1. The number of benzene rings is 3. The van der Waals surface area contributed by atoms with Gasteiger partial charge in [-0.25, -0.2) is 8.42 Å². The molecule has 0 unspecified atom stereocenters. The molecular weight excluding hydrogens is 408 g/mol.